The highest BCUT2D eigenvalue weighted by atomic mass is 19.1. The third-order valence-corrected chi connectivity index (χ3v) is 6.80. The number of nitrogens with two attached hydrogens (primary N) is 1. The monoisotopic (exact) mass is 483 g/mol. The molecule has 3 aromatic heterocycles. The molecular weight excluding hydrogens is 456 g/mol. The Kier molecular flexibility index (Phi) is 5.78. The number of aromatic nitrogens is 4. The highest BCUT2D eigenvalue weighted by Gasteiger charge is 2.46. The number of amides is 2. The summed E-state index contributed by atoms with van der Waals surface area (Å²) in [6, 6.07) is 4.48. The van der Waals surface area contributed by atoms with Gasteiger partial charge in [0, 0.05) is 55.1 Å². The molecule has 1 unspecified atom stereocenters. The molecule has 2 amide bonds. The van der Waals surface area contributed by atoms with Gasteiger partial charge in [-0.05, 0) is 38.8 Å². The highest BCUT2D eigenvalue weighted by molar-refractivity contribution is 5.75. The molecule has 3 N–H and O–H groups in total. The molecule has 0 aliphatic carbocycles. The Balaban J connectivity index is 1.38. The van der Waals surface area contributed by atoms with Crippen molar-refractivity contribution in [2.24, 2.45) is 0 Å². The molecule has 2 atom stereocenters. The average Bonchev–Trinajstić information content (AvgIpc) is 3.52. The molecule has 1 saturated heterocycles. The molecule has 0 aromatic carbocycles. The van der Waals surface area contributed by atoms with Gasteiger partial charge in [-0.2, -0.15) is 5.10 Å². The average molecular weight is 484 g/mol. The summed E-state index contributed by atoms with van der Waals surface area (Å²) in [5, 5.41) is 7.64. The van der Waals surface area contributed by atoms with E-state index in [-0.39, 0.29) is 28.7 Å². The van der Waals surface area contributed by atoms with Crippen LogP contribution in [0, 0.1) is 11.6 Å². The zero-order valence-corrected chi connectivity index (χ0v) is 19.6. The van der Waals surface area contributed by atoms with Gasteiger partial charge in [-0.1, -0.05) is 0 Å². The summed E-state index contributed by atoms with van der Waals surface area (Å²) >= 11 is 0. The van der Waals surface area contributed by atoms with Crippen molar-refractivity contribution < 1.29 is 18.3 Å². The van der Waals surface area contributed by atoms with E-state index in [2.05, 4.69) is 15.3 Å². The predicted molar refractivity (Wildman–Crippen MR) is 125 cm³/mol. The van der Waals surface area contributed by atoms with Gasteiger partial charge in [0.15, 0.2) is 17.4 Å². The Morgan fingerprint density at radius 2 is 2.03 bits per heavy atom. The van der Waals surface area contributed by atoms with Crippen molar-refractivity contribution in [3.8, 4) is 17.0 Å². The quantitative estimate of drug-likeness (QED) is 0.575. The summed E-state index contributed by atoms with van der Waals surface area (Å²) < 4.78 is 35.2. The molecule has 5 rings (SSSR count). The van der Waals surface area contributed by atoms with Gasteiger partial charge >= 0.3 is 6.03 Å². The number of anilines is 1. The second kappa shape index (κ2) is 8.79. The lowest BCUT2D eigenvalue weighted by Gasteiger charge is -2.23. The van der Waals surface area contributed by atoms with Crippen LogP contribution in [0.2, 0.25) is 0 Å². The van der Waals surface area contributed by atoms with Crippen molar-refractivity contribution >= 4 is 11.8 Å². The Labute approximate surface area is 201 Å². The minimum atomic E-state index is -0.816. The number of nitrogens with one attached hydrogen (secondary N) is 1. The molecule has 2 aliphatic rings. The number of hydrogen-bond donors (Lipinski definition) is 2. The first-order valence-electron chi connectivity index (χ1n) is 11.6. The van der Waals surface area contributed by atoms with Gasteiger partial charge in [-0.15, -0.1) is 0 Å². The van der Waals surface area contributed by atoms with Crippen LogP contribution in [0.5, 0.6) is 5.75 Å². The summed E-state index contributed by atoms with van der Waals surface area (Å²) in [7, 11) is 0. The third-order valence-electron chi connectivity index (χ3n) is 6.80. The van der Waals surface area contributed by atoms with Crippen LogP contribution in [-0.2, 0) is 12.0 Å². The number of halogens is 2. The number of ether oxygens (including phenoxy) is 1. The first kappa shape index (κ1) is 23.0. The second-order valence-corrected chi connectivity index (χ2v) is 9.06. The van der Waals surface area contributed by atoms with Crippen LogP contribution in [0.25, 0.3) is 11.3 Å². The van der Waals surface area contributed by atoms with Crippen molar-refractivity contribution in [2.75, 3.05) is 25.4 Å². The number of nitrogens with zero attached hydrogens (tertiary/aromatic N) is 5. The maximum atomic E-state index is 14.1. The molecule has 0 radical (unpaired) electrons. The third kappa shape index (κ3) is 4.15. The van der Waals surface area contributed by atoms with Crippen molar-refractivity contribution in [3.63, 3.8) is 0 Å². The highest BCUT2D eigenvalue weighted by Crippen LogP contribution is 2.44. The minimum Gasteiger partial charge on any atom is -0.480 e. The van der Waals surface area contributed by atoms with E-state index in [1.54, 1.807) is 19.2 Å². The molecule has 11 heteroatoms. The number of carbonyl (C=O) groups excluding carboxylic acids is 1. The zero-order chi connectivity index (χ0) is 24.7. The van der Waals surface area contributed by atoms with Crippen LogP contribution < -0.4 is 15.8 Å². The van der Waals surface area contributed by atoms with Gasteiger partial charge in [0.2, 0.25) is 0 Å². The largest absolute Gasteiger partial charge is 0.480 e. The van der Waals surface area contributed by atoms with Crippen LogP contribution in [0.15, 0.2) is 30.6 Å². The number of pyridine rings is 2. The van der Waals surface area contributed by atoms with Crippen LogP contribution in [0.1, 0.15) is 44.2 Å². The smallest absolute Gasteiger partial charge is 0.317 e. The molecule has 35 heavy (non-hydrogen) atoms. The van der Waals surface area contributed by atoms with E-state index in [0.717, 1.165) is 37.3 Å². The van der Waals surface area contributed by atoms with Gasteiger partial charge in [0.1, 0.15) is 17.6 Å². The lowest BCUT2D eigenvalue weighted by Crippen LogP contribution is -2.40. The lowest BCUT2D eigenvalue weighted by molar-refractivity contribution is 0.206. The van der Waals surface area contributed by atoms with Gasteiger partial charge in [0.25, 0.3) is 0 Å². The van der Waals surface area contributed by atoms with E-state index in [1.165, 1.54) is 0 Å². The molecular formula is C24H27F2N7O2. The summed E-state index contributed by atoms with van der Waals surface area (Å²) in [5.41, 5.74) is 8.38. The summed E-state index contributed by atoms with van der Waals surface area (Å²) in [6.45, 7) is 6.25. The number of fused-ring (bicyclic) bond motifs is 2. The van der Waals surface area contributed by atoms with Gasteiger partial charge in [-0.3, -0.25) is 9.67 Å². The first-order chi connectivity index (χ1) is 16.8. The van der Waals surface area contributed by atoms with Crippen LogP contribution >= 0.6 is 0 Å². The van der Waals surface area contributed by atoms with Crippen LogP contribution in [-0.4, -0.2) is 50.3 Å². The maximum Gasteiger partial charge on any atom is 0.317 e. The summed E-state index contributed by atoms with van der Waals surface area (Å²) in [4.78, 5) is 22.2. The summed E-state index contributed by atoms with van der Waals surface area (Å²) in [5.74, 6) is -1.16. The Bertz CT molecular complexity index is 1280. The van der Waals surface area contributed by atoms with Crippen LogP contribution in [0.3, 0.4) is 0 Å². The van der Waals surface area contributed by atoms with E-state index < -0.39 is 17.7 Å². The number of nitrogen functional groups attached to an aromatic ring is 1. The molecule has 0 bridgehead atoms. The van der Waals surface area contributed by atoms with Crippen molar-refractivity contribution in [1.82, 2.24) is 30.0 Å². The van der Waals surface area contributed by atoms with Gasteiger partial charge < -0.3 is 20.7 Å². The second-order valence-electron chi connectivity index (χ2n) is 9.06. The molecule has 0 saturated carbocycles. The van der Waals surface area contributed by atoms with Crippen molar-refractivity contribution in [2.45, 2.75) is 44.8 Å². The van der Waals surface area contributed by atoms with E-state index in [4.69, 9.17) is 15.6 Å². The van der Waals surface area contributed by atoms with E-state index in [0.29, 0.717) is 30.9 Å². The molecule has 2 aliphatic heterocycles. The minimum absolute atomic E-state index is 0.0305. The number of urea groups is 1. The molecule has 1 spiro atoms. The van der Waals surface area contributed by atoms with E-state index in [9.17, 15) is 13.6 Å². The maximum absolute atomic E-state index is 14.1. The molecule has 184 valence electrons. The summed E-state index contributed by atoms with van der Waals surface area (Å²) in [6.07, 6.45) is 3.56. The number of likely N-dealkylation sites (tertiary alicyclic amines) is 1. The van der Waals surface area contributed by atoms with E-state index >= 15 is 0 Å². The van der Waals surface area contributed by atoms with Crippen LogP contribution in [0.4, 0.5) is 19.4 Å². The molecule has 1 fully saturated rings. The SMILES string of the molecule is CCNC(=O)N1CC[C@@]2(CCn3nc(-c4cnc(N)c(OC(C)c5ncc(F)cc5F)c4)cc32)C1. The molecule has 3 aromatic rings. The lowest BCUT2D eigenvalue weighted by atomic mass is 9.82. The molecule has 9 nitrogen and oxygen atoms in total. The Hall–Kier alpha value is -3.76. The Morgan fingerprint density at radius 3 is 2.80 bits per heavy atom. The fourth-order valence-corrected chi connectivity index (χ4v) is 4.99. The fourth-order valence-electron chi connectivity index (χ4n) is 4.99. The molecule has 5 heterocycles. The topological polar surface area (TPSA) is 111 Å². The van der Waals surface area contributed by atoms with Crippen molar-refractivity contribution in [1.29, 1.82) is 0 Å². The van der Waals surface area contributed by atoms with Gasteiger partial charge in [-0.25, -0.2) is 18.6 Å². The Morgan fingerprint density at radius 1 is 1.23 bits per heavy atom. The first-order valence-corrected chi connectivity index (χ1v) is 11.6. The number of hydrogen-bond acceptors (Lipinski definition) is 6. The van der Waals surface area contributed by atoms with Gasteiger partial charge in [0.05, 0.1) is 11.9 Å². The standard InChI is InChI=1S/C24H27F2N7O2/c1-3-28-23(34)32-6-4-24(13-32)5-7-33-20(24)10-18(31-33)15-8-19(22(27)30-11-15)35-14(2)21-17(26)9-16(25)12-29-21/h8-12,14H,3-7,13H2,1-2H3,(H2,27,30)(H,28,34)/t14?,24-/m1/s1. The predicted octanol–water partition coefficient (Wildman–Crippen LogP) is 3.42. The fraction of sp³-hybridized carbons (Fsp3) is 0.417. The number of carbonyl (C=O) groups is 1. The zero-order valence-electron chi connectivity index (χ0n) is 19.6. The van der Waals surface area contributed by atoms with Crippen molar-refractivity contribution in [3.05, 3.63) is 53.6 Å². The normalized spacial score (nSPS) is 19.7. The van der Waals surface area contributed by atoms with E-state index in [1.807, 2.05) is 22.6 Å². The number of aryl methyl sites for hydroxylation is 1. The number of rotatable bonds is 5.